The van der Waals surface area contributed by atoms with Crippen molar-refractivity contribution >= 4 is 0 Å². The van der Waals surface area contributed by atoms with Crippen molar-refractivity contribution in [2.24, 2.45) is 5.92 Å². The Bertz CT molecular complexity index is 138. The van der Waals surface area contributed by atoms with Crippen LogP contribution >= 0.6 is 0 Å². The molecule has 0 aliphatic carbocycles. The lowest BCUT2D eigenvalue weighted by Crippen LogP contribution is -2.31. The van der Waals surface area contributed by atoms with E-state index in [4.69, 9.17) is 0 Å². The maximum absolute atomic E-state index is 9.66. The summed E-state index contributed by atoms with van der Waals surface area (Å²) in [6.45, 7) is 8.58. The maximum atomic E-state index is 9.66. The Morgan fingerprint density at radius 3 is 2.50 bits per heavy atom. The molecule has 1 aliphatic heterocycles. The SMILES string of the molecule is CCC1CN(C(C)CC)CC1O. The van der Waals surface area contributed by atoms with Crippen LogP contribution in [0.2, 0.25) is 0 Å². The van der Waals surface area contributed by atoms with E-state index >= 15 is 0 Å². The zero-order valence-electron chi connectivity index (χ0n) is 8.45. The summed E-state index contributed by atoms with van der Waals surface area (Å²) in [6, 6.07) is 0.635. The largest absolute Gasteiger partial charge is 0.391 e. The maximum Gasteiger partial charge on any atom is 0.0707 e. The van der Waals surface area contributed by atoms with Gasteiger partial charge in [0, 0.05) is 19.1 Å². The van der Waals surface area contributed by atoms with Gasteiger partial charge in [0.1, 0.15) is 0 Å². The molecule has 3 atom stereocenters. The van der Waals surface area contributed by atoms with E-state index in [-0.39, 0.29) is 6.10 Å². The van der Waals surface area contributed by atoms with Crippen LogP contribution in [0.25, 0.3) is 0 Å². The molecule has 1 rings (SSSR count). The van der Waals surface area contributed by atoms with E-state index in [1.165, 1.54) is 6.42 Å². The summed E-state index contributed by atoms with van der Waals surface area (Å²) in [6.07, 6.45) is 2.21. The van der Waals surface area contributed by atoms with E-state index in [2.05, 4.69) is 25.7 Å². The number of hydrogen-bond donors (Lipinski definition) is 1. The minimum absolute atomic E-state index is 0.0796. The van der Waals surface area contributed by atoms with Crippen LogP contribution < -0.4 is 0 Å². The molecule has 1 fully saturated rings. The summed E-state index contributed by atoms with van der Waals surface area (Å²) < 4.78 is 0. The van der Waals surface area contributed by atoms with Gasteiger partial charge in [0.2, 0.25) is 0 Å². The third-order valence-electron chi connectivity index (χ3n) is 3.17. The first kappa shape index (κ1) is 10.0. The average Bonchev–Trinajstić information content (AvgIpc) is 2.45. The van der Waals surface area contributed by atoms with Crippen LogP contribution in [0.4, 0.5) is 0 Å². The van der Waals surface area contributed by atoms with Crippen LogP contribution in [0.15, 0.2) is 0 Å². The first-order valence-corrected chi connectivity index (χ1v) is 5.11. The van der Waals surface area contributed by atoms with Gasteiger partial charge >= 0.3 is 0 Å². The van der Waals surface area contributed by atoms with Gasteiger partial charge in [-0.1, -0.05) is 13.8 Å². The smallest absolute Gasteiger partial charge is 0.0707 e. The third-order valence-corrected chi connectivity index (χ3v) is 3.17. The van der Waals surface area contributed by atoms with Gasteiger partial charge in [0.05, 0.1) is 6.10 Å². The summed E-state index contributed by atoms with van der Waals surface area (Å²) in [7, 11) is 0. The predicted molar refractivity (Wildman–Crippen MR) is 51.1 cm³/mol. The second-order valence-corrected chi connectivity index (χ2v) is 3.95. The van der Waals surface area contributed by atoms with E-state index in [1.54, 1.807) is 0 Å². The quantitative estimate of drug-likeness (QED) is 0.695. The molecule has 0 saturated carbocycles. The highest BCUT2D eigenvalue weighted by Gasteiger charge is 2.31. The lowest BCUT2D eigenvalue weighted by atomic mass is 10.0. The fraction of sp³-hybridized carbons (Fsp3) is 1.00. The van der Waals surface area contributed by atoms with E-state index < -0.39 is 0 Å². The fourth-order valence-corrected chi connectivity index (χ4v) is 1.91. The monoisotopic (exact) mass is 171 g/mol. The van der Waals surface area contributed by atoms with E-state index in [0.29, 0.717) is 12.0 Å². The molecule has 0 radical (unpaired) electrons. The second-order valence-electron chi connectivity index (χ2n) is 3.95. The van der Waals surface area contributed by atoms with E-state index in [1.807, 2.05) is 0 Å². The molecular weight excluding hydrogens is 150 g/mol. The van der Waals surface area contributed by atoms with Gasteiger partial charge in [0.15, 0.2) is 0 Å². The Labute approximate surface area is 75.6 Å². The molecule has 0 spiro atoms. The van der Waals surface area contributed by atoms with Crippen molar-refractivity contribution in [2.75, 3.05) is 13.1 Å². The highest BCUT2D eigenvalue weighted by Crippen LogP contribution is 2.22. The summed E-state index contributed by atoms with van der Waals surface area (Å²) in [5.74, 6) is 0.513. The van der Waals surface area contributed by atoms with Gasteiger partial charge in [-0.15, -0.1) is 0 Å². The molecule has 2 heteroatoms. The number of likely N-dealkylation sites (tertiary alicyclic amines) is 1. The van der Waals surface area contributed by atoms with Gasteiger partial charge in [-0.3, -0.25) is 4.90 Å². The van der Waals surface area contributed by atoms with Crippen molar-refractivity contribution in [1.82, 2.24) is 4.90 Å². The molecule has 0 aromatic carbocycles. The molecule has 0 aromatic heterocycles. The van der Waals surface area contributed by atoms with Crippen molar-refractivity contribution in [3.8, 4) is 0 Å². The van der Waals surface area contributed by atoms with E-state index in [9.17, 15) is 5.11 Å². The summed E-state index contributed by atoms with van der Waals surface area (Å²) in [4.78, 5) is 2.40. The van der Waals surface area contributed by atoms with Crippen LogP contribution in [0.1, 0.15) is 33.6 Å². The molecule has 1 N–H and O–H groups in total. The number of nitrogens with zero attached hydrogens (tertiary/aromatic N) is 1. The number of hydrogen-bond acceptors (Lipinski definition) is 2. The standard InChI is InChI=1S/C10H21NO/c1-4-8(3)11-6-9(5-2)10(12)7-11/h8-10,12H,4-7H2,1-3H3. The molecule has 0 aromatic rings. The van der Waals surface area contributed by atoms with Gasteiger partial charge < -0.3 is 5.11 Å². The molecular formula is C10H21NO. The van der Waals surface area contributed by atoms with Crippen LogP contribution in [-0.4, -0.2) is 35.2 Å². The van der Waals surface area contributed by atoms with E-state index in [0.717, 1.165) is 19.5 Å². The highest BCUT2D eigenvalue weighted by atomic mass is 16.3. The Morgan fingerprint density at radius 2 is 2.08 bits per heavy atom. The predicted octanol–water partition coefficient (Wildman–Crippen LogP) is 1.49. The molecule has 12 heavy (non-hydrogen) atoms. The molecule has 72 valence electrons. The lowest BCUT2D eigenvalue weighted by Gasteiger charge is -2.22. The van der Waals surface area contributed by atoms with Crippen LogP contribution in [-0.2, 0) is 0 Å². The molecule has 0 bridgehead atoms. The first-order valence-electron chi connectivity index (χ1n) is 5.11. The number of aliphatic hydroxyl groups excluding tert-OH is 1. The van der Waals surface area contributed by atoms with Gasteiger partial charge in [-0.25, -0.2) is 0 Å². The molecule has 1 saturated heterocycles. The van der Waals surface area contributed by atoms with Crippen LogP contribution in [0.3, 0.4) is 0 Å². The highest BCUT2D eigenvalue weighted by molar-refractivity contribution is 4.85. The van der Waals surface area contributed by atoms with Crippen molar-refractivity contribution < 1.29 is 5.11 Å². The Balaban J connectivity index is 2.42. The number of β-amino-alcohol motifs (C(OH)–C–C–N with tert-alkyl or cyclic N) is 1. The van der Waals surface area contributed by atoms with Crippen molar-refractivity contribution in [2.45, 2.75) is 45.8 Å². The van der Waals surface area contributed by atoms with Crippen LogP contribution in [0.5, 0.6) is 0 Å². The lowest BCUT2D eigenvalue weighted by molar-refractivity contribution is 0.135. The Kier molecular flexibility index (Phi) is 3.53. The first-order chi connectivity index (χ1) is 5.69. The summed E-state index contributed by atoms with van der Waals surface area (Å²) in [5.41, 5.74) is 0. The van der Waals surface area contributed by atoms with Crippen molar-refractivity contribution in [3.63, 3.8) is 0 Å². The zero-order valence-corrected chi connectivity index (χ0v) is 8.45. The fourth-order valence-electron chi connectivity index (χ4n) is 1.91. The zero-order chi connectivity index (χ0) is 9.14. The molecule has 0 amide bonds. The van der Waals surface area contributed by atoms with Crippen molar-refractivity contribution in [3.05, 3.63) is 0 Å². The average molecular weight is 171 g/mol. The molecule has 1 aliphatic rings. The summed E-state index contributed by atoms with van der Waals surface area (Å²) >= 11 is 0. The minimum atomic E-state index is -0.0796. The van der Waals surface area contributed by atoms with Gasteiger partial charge in [0.25, 0.3) is 0 Å². The topological polar surface area (TPSA) is 23.5 Å². The third kappa shape index (κ3) is 1.99. The van der Waals surface area contributed by atoms with Gasteiger partial charge in [-0.05, 0) is 25.7 Å². The van der Waals surface area contributed by atoms with Crippen LogP contribution in [0, 0.1) is 5.92 Å². The Hall–Kier alpha value is -0.0800. The number of rotatable bonds is 3. The Morgan fingerprint density at radius 1 is 1.42 bits per heavy atom. The van der Waals surface area contributed by atoms with Crippen molar-refractivity contribution in [1.29, 1.82) is 0 Å². The number of aliphatic hydroxyl groups is 1. The molecule has 3 unspecified atom stereocenters. The minimum Gasteiger partial charge on any atom is -0.391 e. The molecule has 1 heterocycles. The second kappa shape index (κ2) is 4.24. The summed E-state index contributed by atoms with van der Waals surface area (Å²) in [5, 5.41) is 9.66. The normalized spacial score (nSPS) is 34.0. The van der Waals surface area contributed by atoms with Gasteiger partial charge in [-0.2, -0.15) is 0 Å². The molecule has 2 nitrogen and oxygen atoms in total.